The molecule has 0 fully saturated rings. The Morgan fingerprint density at radius 2 is 1.30 bits per heavy atom. The first kappa shape index (κ1) is 26.7. The summed E-state index contributed by atoms with van der Waals surface area (Å²) in [6, 6.07) is 45.2. The van der Waals surface area contributed by atoms with Gasteiger partial charge in [-0.2, -0.15) is 4.57 Å². The predicted molar refractivity (Wildman–Crippen MR) is 180 cm³/mol. The van der Waals surface area contributed by atoms with Crippen molar-refractivity contribution in [2.45, 2.75) is 20.0 Å². The second-order valence-corrected chi connectivity index (χ2v) is 10.8. The predicted octanol–water partition coefficient (Wildman–Crippen LogP) is 8.89. The Hall–Kier alpha value is -5.19. The highest BCUT2D eigenvalue weighted by Crippen LogP contribution is 2.38. The van der Waals surface area contributed by atoms with E-state index in [2.05, 4.69) is 161 Å². The Balaban J connectivity index is 1.31. The standard InChI is InChI=1S/C39H34N3O/c1-2-41-38-27-29(17-19-30-23-24-40(25-26-43)37-16-10-9-15-34(30)37)18-21-35(38)36-22-20-33(28-39(36)41)42(31-11-5-3-6-12-31)32-13-7-4-8-14-32/h3-24,27-28,43H,2,25-26H2,1H3/q+1. The maximum Gasteiger partial charge on any atom is 0.213 e. The first-order chi connectivity index (χ1) is 21.2. The molecule has 0 aliphatic carbocycles. The van der Waals surface area contributed by atoms with Crippen molar-refractivity contribution in [1.29, 1.82) is 0 Å². The fourth-order valence-corrected chi connectivity index (χ4v) is 6.23. The van der Waals surface area contributed by atoms with Crippen LogP contribution >= 0.6 is 0 Å². The van der Waals surface area contributed by atoms with Gasteiger partial charge in [0, 0.05) is 52.0 Å². The molecule has 0 amide bonds. The van der Waals surface area contributed by atoms with Crippen molar-refractivity contribution in [3.63, 3.8) is 0 Å². The molecule has 0 spiro atoms. The second kappa shape index (κ2) is 11.6. The molecule has 7 aromatic rings. The number of rotatable bonds is 8. The number of aliphatic hydroxyl groups excluding tert-OH is 1. The highest BCUT2D eigenvalue weighted by atomic mass is 16.3. The molecular weight excluding hydrogens is 526 g/mol. The van der Waals surface area contributed by atoms with Crippen LogP contribution in [0.5, 0.6) is 0 Å². The smallest absolute Gasteiger partial charge is 0.213 e. The number of aryl methyl sites for hydroxylation is 1. The fraction of sp³-hybridized carbons (Fsp3) is 0.103. The van der Waals surface area contributed by atoms with Crippen LogP contribution in [0.25, 0.3) is 44.9 Å². The van der Waals surface area contributed by atoms with E-state index in [1.165, 1.54) is 27.2 Å². The zero-order valence-electron chi connectivity index (χ0n) is 24.3. The lowest BCUT2D eigenvalue weighted by Crippen LogP contribution is -2.36. The van der Waals surface area contributed by atoms with Crippen LogP contribution in [0.4, 0.5) is 17.1 Å². The zero-order valence-corrected chi connectivity index (χ0v) is 24.3. The number of benzene rings is 5. The molecule has 0 aliphatic heterocycles. The number of aliphatic hydroxyl groups is 1. The first-order valence-corrected chi connectivity index (χ1v) is 14.9. The number of para-hydroxylation sites is 3. The van der Waals surface area contributed by atoms with Gasteiger partial charge in [-0.3, -0.25) is 0 Å². The molecule has 1 N–H and O–H groups in total. The maximum absolute atomic E-state index is 9.49. The van der Waals surface area contributed by atoms with Gasteiger partial charge in [-0.25, -0.2) is 0 Å². The van der Waals surface area contributed by atoms with Gasteiger partial charge in [0.2, 0.25) is 5.52 Å². The summed E-state index contributed by atoms with van der Waals surface area (Å²) in [6.45, 7) is 3.80. The van der Waals surface area contributed by atoms with E-state index in [-0.39, 0.29) is 6.61 Å². The Bertz CT molecular complexity index is 2040. The Morgan fingerprint density at radius 1 is 0.651 bits per heavy atom. The molecule has 0 saturated heterocycles. The molecule has 4 heteroatoms. The molecule has 0 saturated carbocycles. The Kier molecular flexibility index (Phi) is 7.20. The summed E-state index contributed by atoms with van der Waals surface area (Å²) < 4.78 is 4.53. The van der Waals surface area contributed by atoms with Gasteiger partial charge in [-0.15, -0.1) is 0 Å². The minimum atomic E-state index is 0.118. The van der Waals surface area contributed by atoms with Crippen LogP contribution in [0.2, 0.25) is 0 Å². The van der Waals surface area contributed by atoms with Crippen LogP contribution < -0.4 is 9.47 Å². The van der Waals surface area contributed by atoms with Gasteiger partial charge in [0.05, 0.1) is 10.9 Å². The van der Waals surface area contributed by atoms with Gasteiger partial charge < -0.3 is 14.6 Å². The number of pyridine rings is 1. The van der Waals surface area contributed by atoms with Crippen molar-refractivity contribution in [3.05, 3.63) is 145 Å². The van der Waals surface area contributed by atoms with Crippen LogP contribution in [0, 0.1) is 0 Å². The van der Waals surface area contributed by atoms with Crippen molar-refractivity contribution in [1.82, 2.24) is 4.57 Å². The second-order valence-electron chi connectivity index (χ2n) is 10.8. The maximum atomic E-state index is 9.49. The molecule has 2 heterocycles. The van der Waals surface area contributed by atoms with E-state index in [4.69, 9.17) is 0 Å². The van der Waals surface area contributed by atoms with Crippen LogP contribution in [0.1, 0.15) is 18.1 Å². The Labute approximate surface area is 252 Å². The lowest BCUT2D eigenvalue weighted by Gasteiger charge is -2.25. The molecular formula is C39H34N3O+. The lowest BCUT2D eigenvalue weighted by molar-refractivity contribution is -0.672. The van der Waals surface area contributed by atoms with Crippen molar-refractivity contribution >= 4 is 61.9 Å². The molecule has 43 heavy (non-hydrogen) atoms. The highest BCUT2D eigenvalue weighted by molar-refractivity contribution is 6.10. The average molecular weight is 561 g/mol. The third kappa shape index (κ3) is 4.96. The summed E-state index contributed by atoms with van der Waals surface area (Å²) in [5.41, 5.74) is 9.32. The minimum Gasteiger partial charge on any atom is -0.390 e. The van der Waals surface area contributed by atoms with E-state index in [0.29, 0.717) is 6.54 Å². The van der Waals surface area contributed by atoms with Crippen molar-refractivity contribution < 1.29 is 9.67 Å². The lowest BCUT2D eigenvalue weighted by atomic mass is 10.1. The number of nitrogens with zero attached hydrogens (tertiary/aromatic N) is 3. The summed E-state index contributed by atoms with van der Waals surface area (Å²) in [5.74, 6) is 0. The van der Waals surface area contributed by atoms with Crippen LogP contribution in [-0.4, -0.2) is 16.3 Å². The van der Waals surface area contributed by atoms with Crippen LogP contribution in [0.3, 0.4) is 0 Å². The van der Waals surface area contributed by atoms with Crippen LogP contribution in [-0.2, 0) is 13.1 Å². The van der Waals surface area contributed by atoms with Gasteiger partial charge >= 0.3 is 0 Å². The summed E-state index contributed by atoms with van der Waals surface area (Å²) in [5, 5.41) is 13.2. The fourth-order valence-electron chi connectivity index (χ4n) is 6.23. The molecule has 0 aliphatic rings. The topological polar surface area (TPSA) is 32.3 Å². The van der Waals surface area contributed by atoms with E-state index in [1.54, 1.807) is 0 Å². The molecule has 210 valence electrons. The third-order valence-electron chi connectivity index (χ3n) is 8.23. The third-order valence-corrected chi connectivity index (χ3v) is 8.23. The number of anilines is 3. The summed E-state index contributed by atoms with van der Waals surface area (Å²) in [6.07, 6.45) is 6.46. The minimum absolute atomic E-state index is 0.118. The van der Waals surface area contributed by atoms with Gasteiger partial charge in [0.1, 0.15) is 6.61 Å². The Morgan fingerprint density at radius 3 is 2.00 bits per heavy atom. The SMILES string of the molecule is CCn1c2cc(/C=C/c3cc[n+](CCO)c4ccccc34)ccc2c2ccc(N(c3ccccc3)c3ccccc3)cc21. The quantitative estimate of drug-likeness (QED) is 0.188. The van der Waals surface area contributed by atoms with E-state index < -0.39 is 0 Å². The molecule has 0 unspecified atom stereocenters. The van der Waals surface area contributed by atoms with Gasteiger partial charge in [-0.05, 0) is 66.6 Å². The zero-order chi connectivity index (χ0) is 29.2. The number of fused-ring (bicyclic) bond motifs is 4. The van der Waals surface area contributed by atoms with E-state index in [9.17, 15) is 5.11 Å². The normalized spacial score (nSPS) is 11.7. The molecule has 4 nitrogen and oxygen atoms in total. The molecule has 0 radical (unpaired) electrons. The van der Waals surface area contributed by atoms with Crippen LogP contribution in [0.15, 0.2) is 134 Å². The van der Waals surface area contributed by atoms with E-state index in [0.717, 1.165) is 40.3 Å². The molecule has 0 atom stereocenters. The largest absolute Gasteiger partial charge is 0.390 e. The molecule has 2 aromatic heterocycles. The average Bonchev–Trinajstić information content (AvgIpc) is 3.37. The highest BCUT2D eigenvalue weighted by Gasteiger charge is 2.16. The van der Waals surface area contributed by atoms with Gasteiger partial charge in [0.15, 0.2) is 12.7 Å². The van der Waals surface area contributed by atoms with Crippen molar-refractivity contribution in [3.8, 4) is 0 Å². The van der Waals surface area contributed by atoms with E-state index in [1.807, 2.05) is 6.07 Å². The monoisotopic (exact) mass is 560 g/mol. The van der Waals surface area contributed by atoms with Crippen molar-refractivity contribution in [2.24, 2.45) is 0 Å². The van der Waals surface area contributed by atoms with E-state index >= 15 is 0 Å². The number of hydrogen-bond acceptors (Lipinski definition) is 2. The summed E-state index contributed by atoms with van der Waals surface area (Å²) >= 11 is 0. The molecule has 5 aromatic carbocycles. The summed E-state index contributed by atoms with van der Waals surface area (Å²) in [7, 11) is 0. The van der Waals surface area contributed by atoms with Gasteiger partial charge in [-0.1, -0.05) is 78.9 Å². The van der Waals surface area contributed by atoms with Crippen molar-refractivity contribution in [2.75, 3.05) is 11.5 Å². The number of hydrogen-bond donors (Lipinski definition) is 1. The van der Waals surface area contributed by atoms with Gasteiger partial charge in [0.25, 0.3) is 0 Å². The number of aromatic nitrogens is 2. The molecule has 7 rings (SSSR count). The summed E-state index contributed by atoms with van der Waals surface area (Å²) in [4.78, 5) is 2.32. The first-order valence-electron chi connectivity index (χ1n) is 14.9. The molecule has 0 bridgehead atoms.